The average Bonchev–Trinajstić information content (AvgIpc) is 2.93. The first kappa shape index (κ1) is 15.8. The predicted molar refractivity (Wildman–Crippen MR) is 93.7 cm³/mol. The summed E-state index contributed by atoms with van der Waals surface area (Å²) in [5.74, 6) is 0.679. The lowest BCUT2D eigenvalue weighted by Gasteiger charge is -2.64. The van der Waals surface area contributed by atoms with Gasteiger partial charge in [-0.25, -0.2) is 4.39 Å². The molecule has 2 N–H and O–H groups in total. The van der Waals surface area contributed by atoms with Gasteiger partial charge in [0.2, 0.25) is 0 Å². The molecule has 1 aromatic carbocycles. The molecule has 0 radical (unpaired) electrons. The van der Waals surface area contributed by atoms with Crippen LogP contribution in [0.4, 0.5) is 4.39 Å². The number of aliphatic hydroxyl groups excluding tert-OH is 1. The minimum atomic E-state index is -0.940. The molecular weight excluding hydrogens is 333 g/mol. The van der Waals surface area contributed by atoms with Crippen LogP contribution in [0.3, 0.4) is 0 Å². The first-order valence-electron chi connectivity index (χ1n) is 10.2. The van der Waals surface area contributed by atoms with Gasteiger partial charge in [-0.3, -0.25) is 4.90 Å². The molecule has 1 aromatic rings. The fraction of sp³-hybridized carbons (Fsp3) is 0.714. The topological polar surface area (TPSA) is 52.9 Å². The van der Waals surface area contributed by atoms with Crippen LogP contribution < -0.4 is 4.74 Å². The van der Waals surface area contributed by atoms with Crippen LogP contribution in [-0.2, 0) is 11.8 Å². The van der Waals surface area contributed by atoms with E-state index in [9.17, 15) is 14.6 Å². The Balaban J connectivity index is 1.52. The first-order valence-corrected chi connectivity index (χ1v) is 10.2. The minimum absolute atomic E-state index is 0.0411. The molecule has 1 saturated heterocycles. The summed E-state index contributed by atoms with van der Waals surface area (Å²) < 4.78 is 20.6. The molecule has 1 spiro atoms. The average molecular weight is 359 g/mol. The lowest BCUT2D eigenvalue weighted by Crippen LogP contribution is -2.77. The molecule has 0 aromatic heterocycles. The highest BCUT2D eigenvalue weighted by molar-refractivity contribution is 5.58. The van der Waals surface area contributed by atoms with Crippen molar-refractivity contribution in [3.63, 3.8) is 0 Å². The Morgan fingerprint density at radius 1 is 1.23 bits per heavy atom. The van der Waals surface area contributed by atoms with Crippen LogP contribution in [0.5, 0.6) is 5.75 Å². The summed E-state index contributed by atoms with van der Waals surface area (Å²) in [5.41, 5.74) is 0.371. The van der Waals surface area contributed by atoms with Crippen LogP contribution >= 0.6 is 0 Å². The number of halogens is 1. The number of piperidine rings is 1. The Morgan fingerprint density at radius 3 is 2.85 bits per heavy atom. The van der Waals surface area contributed by atoms with Gasteiger partial charge in [0, 0.05) is 18.2 Å². The first-order chi connectivity index (χ1) is 12.5. The molecule has 2 saturated carbocycles. The van der Waals surface area contributed by atoms with E-state index in [-0.39, 0.29) is 17.6 Å². The third-order valence-electron chi connectivity index (χ3n) is 8.23. The number of hydrogen-bond donors (Lipinski definition) is 2. The van der Waals surface area contributed by atoms with E-state index in [4.69, 9.17) is 4.74 Å². The third kappa shape index (κ3) is 1.67. The molecule has 140 valence electrons. The van der Waals surface area contributed by atoms with Crippen molar-refractivity contribution in [1.82, 2.24) is 4.90 Å². The van der Waals surface area contributed by atoms with Crippen molar-refractivity contribution >= 4 is 0 Å². The van der Waals surface area contributed by atoms with Gasteiger partial charge in [0.1, 0.15) is 6.10 Å². The van der Waals surface area contributed by atoms with Gasteiger partial charge in [-0.2, -0.15) is 0 Å². The van der Waals surface area contributed by atoms with Crippen molar-refractivity contribution in [3.8, 4) is 5.75 Å². The quantitative estimate of drug-likeness (QED) is 0.850. The number of nitrogens with zero attached hydrogens (tertiary/aromatic N) is 1. The fourth-order valence-corrected chi connectivity index (χ4v) is 6.81. The molecule has 3 fully saturated rings. The van der Waals surface area contributed by atoms with Crippen molar-refractivity contribution in [2.45, 2.75) is 74.2 Å². The molecule has 2 heterocycles. The second kappa shape index (κ2) is 5.00. The van der Waals surface area contributed by atoms with Gasteiger partial charge >= 0.3 is 0 Å². The molecule has 3 aliphatic carbocycles. The summed E-state index contributed by atoms with van der Waals surface area (Å²) in [4.78, 5) is 2.49. The van der Waals surface area contributed by atoms with Gasteiger partial charge in [-0.05, 0) is 62.6 Å². The molecule has 0 amide bonds. The Kier molecular flexibility index (Phi) is 3.05. The SMILES string of the molecule is O[C@H]1CC[C@@]2(O)[C@H]3Cc4ccc(F)c5c4[C@@]2(CCN3CC2CCC2)[C@H]1O5. The zero-order valence-electron chi connectivity index (χ0n) is 15.0. The van der Waals surface area contributed by atoms with Crippen LogP contribution in [0.1, 0.15) is 49.7 Å². The van der Waals surface area contributed by atoms with Gasteiger partial charge in [0.05, 0.1) is 17.1 Å². The van der Waals surface area contributed by atoms with E-state index in [1.165, 1.54) is 25.3 Å². The highest BCUT2D eigenvalue weighted by Gasteiger charge is 2.72. The number of ether oxygens (including phenoxy) is 1. The summed E-state index contributed by atoms with van der Waals surface area (Å²) in [6.45, 7) is 1.95. The molecule has 5 aliphatic rings. The molecule has 6 rings (SSSR count). The monoisotopic (exact) mass is 359 g/mol. The molecule has 4 nitrogen and oxygen atoms in total. The Labute approximate surface area is 153 Å². The lowest BCUT2D eigenvalue weighted by molar-refractivity contribution is -0.209. The predicted octanol–water partition coefficient (Wildman–Crippen LogP) is 2.14. The maximum atomic E-state index is 14.5. The lowest BCUT2D eigenvalue weighted by atomic mass is 9.48. The van der Waals surface area contributed by atoms with E-state index >= 15 is 0 Å². The standard InChI is InChI=1S/C21H26FNO3/c22-14-5-4-13-10-16-21(25)7-6-15(24)19-20(21,17(13)18(14)26-19)8-9-23(16)11-12-2-1-3-12/h4-5,12,15-16,19,24-25H,1-3,6-11H2/t15-,16+,19-,20-,21+/m0/s1. The second-order valence-corrected chi connectivity index (χ2v) is 9.21. The Morgan fingerprint density at radius 2 is 2.08 bits per heavy atom. The Bertz CT molecular complexity index is 781. The van der Waals surface area contributed by atoms with Crippen LogP contribution in [0.15, 0.2) is 12.1 Å². The molecule has 5 heteroatoms. The van der Waals surface area contributed by atoms with Crippen LogP contribution in [0.2, 0.25) is 0 Å². The summed E-state index contributed by atoms with van der Waals surface area (Å²) in [6, 6.07) is 3.41. The Hall–Kier alpha value is -1.17. The van der Waals surface area contributed by atoms with Crippen molar-refractivity contribution in [3.05, 3.63) is 29.1 Å². The van der Waals surface area contributed by atoms with E-state index < -0.39 is 23.2 Å². The number of likely N-dealkylation sites (tertiary alicyclic amines) is 1. The van der Waals surface area contributed by atoms with E-state index in [0.29, 0.717) is 12.8 Å². The van der Waals surface area contributed by atoms with E-state index in [1.54, 1.807) is 0 Å². The van der Waals surface area contributed by atoms with Crippen molar-refractivity contribution in [2.75, 3.05) is 13.1 Å². The molecule has 26 heavy (non-hydrogen) atoms. The maximum Gasteiger partial charge on any atom is 0.165 e. The number of aliphatic hydroxyl groups is 2. The van der Waals surface area contributed by atoms with Crippen molar-refractivity contribution in [2.24, 2.45) is 5.92 Å². The van der Waals surface area contributed by atoms with Gasteiger partial charge in [0.15, 0.2) is 11.6 Å². The summed E-state index contributed by atoms with van der Waals surface area (Å²) in [6.07, 6.45) is 5.30. The highest BCUT2D eigenvalue weighted by atomic mass is 19.1. The largest absolute Gasteiger partial charge is 0.483 e. The van der Waals surface area contributed by atoms with Gasteiger partial charge in [-0.1, -0.05) is 12.5 Å². The van der Waals surface area contributed by atoms with E-state index in [0.717, 1.165) is 43.0 Å². The normalized spacial score (nSPS) is 43.6. The van der Waals surface area contributed by atoms with Crippen molar-refractivity contribution < 1.29 is 19.3 Å². The minimum Gasteiger partial charge on any atom is -0.483 e. The van der Waals surface area contributed by atoms with Crippen LogP contribution in [-0.4, -0.2) is 52.1 Å². The highest BCUT2D eigenvalue weighted by Crippen LogP contribution is 2.64. The summed E-state index contributed by atoms with van der Waals surface area (Å²) in [5, 5.41) is 22.7. The van der Waals surface area contributed by atoms with E-state index in [1.807, 2.05) is 6.07 Å². The molecule has 2 bridgehead atoms. The zero-order chi connectivity index (χ0) is 17.7. The van der Waals surface area contributed by atoms with E-state index in [2.05, 4.69) is 4.90 Å². The molecule has 0 unspecified atom stereocenters. The fourth-order valence-electron chi connectivity index (χ4n) is 6.81. The van der Waals surface area contributed by atoms with Gasteiger partial charge in [-0.15, -0.1) is 0 Å². The zero-order valence-corrected chi connectivity index (χ0v) is 15.0. The number of benzene rings is 1. The van der Waals surface area contributed by atoms with Gasteiger partial charge in [0.25, 0.3) is 0 Å². The summed E-state index contributed by atoms with van der Waals surface area (Å²) in [7, 11) is 0. The second-order valence-electron chi connectivity index (χ2n) is 9.21. The third-order valence-corrected chi connectivity index (χ3v) is 8.23. The van der Waals surface area contributed by atoms with Crippen molar-refractivity contribution in [1.29, 1.82) is 0 Å². The molecular formula is C21H26FNO3. The summed E-state index contributed by atoms with van der Waals surface area (Å²) >= 11 is 0. The van der Waals surface area contributed by atoms with Gasteiger partial charge < -0.3 is 14.9 Å². The molecule has 2 aliphatic heterocycles. The maximum absolute atomic E-state index is 14.5. The number of hydrogen-bond acceptors (Lipinski definition) is 4. The van der Waals surface area contributed by atoms with Crippen LogP contribution in [0.25, 0.3) is 0 Å². The number of rotatable bonds is 2. The van der Waals surface area contributed by atoms with Crippen LogP contribution in [0, 0.1) is 11.7 Å². The smallest absolute Gasteiger partial charge is 0.165 e. The molecule has 5 atom stereocenters.